The summed E-state index contributed by atoms with van der Waals surface area (Å²) < 4.78 is 5.58. The van der Waals surface area contributed by atoms with Crippen molar-refractivity contribution in [3.63, 3.8) is 0 Å². The van der Waals surface area contributed by atoms with E-state index < -0.39 is 0 Å². The fourth-order valence-electron chi connectivity index (χ4n) is 1.53. The Labute approximate surface area is 113 Å². The van der Waals surface area contributed by atoms with Gasteiger partial charge in [0.1, 0.15) is 11.5 Å². The van der Waals surface area contributed by atoms with Crippen LogP contribution >= 0.6 is 0 Å². The molecule has 1 N–H and O–H groups in total. The molecule has 0 saturated carbocycles. The number of nitrogens with one attached hydrogen (secondary N) is 1. The van der Waals surface area contributed by atoms with Crippen molar-refractivity contribution in [2.24, 2.45) is 0 Å². The Morgan fingerprint density at radius 3 is 1.53 bits per heavy atom. The van der Waals surface area contributed by atoms with Gasteiger partial charge < -0.3 is 9.72 Å². The second-order valence-corrected chi connectivity index (χ2v) is 4.08. The minimum absolute atomic E-state index is 0.869. The molecule has 2 aromatic carbocycles. The van der Waals surface area contributed by atoms with Crippen LogP contribution in [0.4, 0.5) is 0 Å². The number of ether oxygens (including phenoxy) is 1. The molecule has 0 aliphatic rings. The zero-order valence-corrected chi connectivity index (χ0v) is 10.9. The van der Waals surface area contributed by atoms with Crippen molar-refractivity contribution >= 4 is 0 Å². The van der Waals surface area contributed by atoms with E-state index in [9.17, 15) is 0 Å². The van der Waals surface area contributed by atoms with E-state index in [4.69, 9.17) is 4.74 Å². The molecule has 0 aliphatic carbocycles. The molecule has 19 heavy (non-hydrogen) atoms. The lowest BCUT2D eigenvalue weighted by Gasteiger charge is -2.03. The van der Waals surface area contributed by atoms with E-state index in [1.54, 1.807) is 0 Å². The van der Waals surface area contributed by atoms with Gasteiger partial charge in [-0.25, -0.2) is 0 Å². The molecular formula is C17H17NO. The summed E-state index contributed by atoms with van der Waals surface area (Å²) in [4.78, 5) is 3.00. The molecule has 3 aromatic rings. The summed E-state index contributed by atoms with van der Waals surface area (Å²) in [5, 5.41) is 0. The molecular weight excluding hydrogens is 234 g/mol. The molecule has 1 aromatic heterocycles. The standard InChI is InChI=1S/C12H10O.C5H7N/c1-3-7-11(8-4-1)13-12-9-5-2-6-10-12;1-5-3-2-4-6-5/h1-10H;2-4,6H,1H3. The number of aryl methyl sites for hydroxylation is 1. The summed E-state index contributed by atoms with van der Waals surface area (Å²) >= 11 is 0. The van der Waals surface area contributed by atoms with Crippen LogP contribution in [-0.2, 0) is 0 Å². The Morgan fingerprint density at radius 2 is 1.21 bits per heavy atom. The van der Waals surface area contributed by atoms with Gasteiger partial charge in [-0.15, -0.1) is 0 Å². The average Bonchev–Trinajstić information content (AvgIpc) is 2.93. The molecule has 0 amide bonds. The Bertz CT molecular complexity index is 521. The van der Waals surface area contributed by atoms with Crippen LogP contribution in [0.25, 0.3) is 0 Å². The van der Waals surface area contributed by atoms with Crippen LogP contribution < -0.4 is 4.74 Å². The maximum Gasteiger partial charge on any atom is 0.127 e. The van der Waals surface area contributed by atoms with Gasteiger partial charge in [0.2, 0.25) is 0 Å². The van der Waals surface area contributed by atoms with Crippen LogP contribution in [0.2, 0.25) is 0 Å². The third-order valence-electron chi connectivity index (χ3n) is 2.48. The number of rotatable bonds is 2. The molecule has 3 rings (SSSR count). The molecule has 0 atom stereocenters. The maximum absolute atomic E-state index is 5.58. The van der Waals surface area contributed by atoms with E-state index in [1.165, 1.54) is 5.69 Å². The van der Waals surface area contributed by atoms with E-state index >= 15 is 0 Å². The number of hydrogen-bond acceptors (Lipinski definition) is 1. The van der Waals surface area contributed by atoms with Crippen molar-refractivity contribution in [2.45, 2.75) is 6.92 Å². The fourth-order valence-corrected chi connectivity index (χ4v) is 1.53. The normalized spacial score (nSPS) is 9.32. The largest absolute Gasteiger partial charge is 0.457 e. The molecule has 1 heterocycles. The zero-order chi connectivity index (χ0) is 13.3. The number of aromatic nitrogens is 1. The fraction of sp³-hybridized carbons (Fsp3) is 0.0588. The van der Waals surface area contributed by atoms with E-state index in [0.29, 0.717) is 0 Å². The van der Waals surface area contributed by atoms with E-state index in [-0.39, 0.29) is 0 Å². The van der Waals surface area contributed by atoms with Crippen LogP contribution in [0.5, 0.6) is 11.5 Å². The van der Waals surface area contributed by atoms with Gasteiger partial charge in [-0.05, 0) is 43.3 Å². The van der Waals surface area contributed by atoms with Crippen molar-refractivity contribution in [3.8, 4) is 11.5 Å². The summed E-state index contributed by atoms with van der Waals surface area (Å²) in [6.45, 7) is 2.03. The first-order chi connectivity index (χ1) is 9.34. The first-order valence-corrected chi connectivity index (χ1v) is 6.22. The summed E-state index contributed by atoms with van der Waals surface area (Å²) in [7, 11) is 0. The molecule has 0 spiro atoms. The van der Waals surface area contributed by atoms with Crippen molar-refractivity contribution in [3.05, 3.63) is 84.7 Å². The highest BCUT2D eigenvalue weighted by molar-refractivity contribution is 5.30. The van der Waals surface area contributed by atoms with Crippen molar-refractivity contribution in [2.75, 3.05) is 0 Å². The van der Waals surface area contributed by atoms with Crippen molar-refractivity contribution < 1.29 is 4.74 Å². The lowest BCUT2D eigenvalue weighted by Crippen LogP contribution is -1.81. The van der Waals surface area contributed by atoms with E-state index in [2.05, 4.69) is 4.98 Å². The van der Waals surface area contributed by atoms with Gasteiger partial charge in [-0.3, -0.25) is 0 Å². The number of benzene rings is 2. The first kappa shape index (κ1) is 13.0. The van der Waals surface area contributed by atoms with Crippen molar-refractivity contribution in [1.82, 2.24) is 4.98 Å². The predicted octanol–water partition coefficient (Wildman–Crippen LogP) is 4.80. The molecule has 0 bridgehead atoms. The minimum Gasteiger partial charge on any atom is -0.457 e. The Morgan fingerprint density at radius 1 is 0.684 bits per heavy atom. The summed E-state index contributed by atoms with van der Waals surface area (Å²) in [6, 6.07) is 23.5. The monoisotopic (exact) mass is 251 g/mol. The highest BCUT2D eigenvalue weighted by Gasteiger charge is 1.92. The topological polar surface area (TPSA) is 25.0 Å². The van der Waals surface area contributed by atoms with Gasteiger partial charge >= 0.3 is 0 Å². The summed E-state index contributed by atoms with van der Waals surface area (Å²) in [6.07, 6.45) is 1.91. The second kappa shape index (κ2) is 7.07. The molecule has 0 radical (unpaired) electrons. The molecule has 2 nitrogen and oxygen atoms in total. The smallest absolute Gasteiger partial charge is 0.127 e. The minimum atomic E-state index is 0.869. The highest BCUT2D eigenvalue weighted by atomic mass is 16.5. The van der Waals surface area contributed by atoms with Gasteiger partial charge in [0.25, 0.3) is 0 Å². The number of H-pyrrole nitrogens is 1. The molecule has 0 fully saturated rings. The first-order valence-electron chi connectivity index (χ1n) is 6.22. The Balaban J connectivity index is 0.000000186. The lowest BCUT2D eigenvalue weighted by molar-refractivity contribution is 0.482. The second-order valence-electron chi connectivity index (χ2n) is 4.08. The van der Waals surface area contributed by atoms with Crippen LogP contribution in [0.1, 0.15) is 5.69 Å². The Kier molecular flexibility index (Phi) is 4.82. The Hall–Kier alpha value is -2.48. The molecule has 2 heteroatoms. The third-order valence-corrected chi connectivity index (χ3v) is 2.48. The predicted molar refractivity (Wildman–Crippen MR) is 78.5 cm³/mol. The molecule has 0 unspecified atom stereocenters. The number of hydrogen-bond donors (Lipinski definition) is 1. The van der Waals surface area contributed by atoms with Gasteiger partial charge in [0.05, 0.1) is 0 Å². The zero-order valence-electron chi connectivity index (χ0n) is 10.9. The maximum atomic E-state index is 5.58. The quantitative estimate of drug-likeness (QED) is 0.695. The van der Waals surface area contributed by atoms with E-state index in [0.717, 1.165) is 11.5 Å². The summed E-state index contributed by atoms with van der Waals surface area (Å²) in [5.74, 6) is 1.74. The molecule has 0 saturated heterocycles. The average molecular weight is 251 g/mol. The van der Waals surface area contributed by atoms with Gasteiger partial charge in [-0.1, -0.05) is 36.4 Å². The number of aromatic amines is 1. The SMILES string of the molecule is Cc1ccc[nH]1.c1ccc(Oc2ccccc2)cc1. The van der Waals surface area contributed by atoms with E-state index in [1.807, 2.05) is 85.9 Å². The van der Waals surface area contributed by atoms with Gasteiger partial charge in [0, 0.05) is 11.9 Å². The van der Waals surface area contributed by atoms with Gasteiger partial charge in [0.15, 0.2) is 0 Å². The molecule has 96 valence electrons. The molecule has 0 aliphatic heterocycles. The third kappa shape index (κ3) is 4.72. The van der Waals surface area contributed by atoms with Crippen LogP contribution in [-0.4, -0.2) is 4.98 Å². The highest BCUT2D eigenvalue weighted by Crippen LogP contribution is 2.19. The number of para-hydroxylation sites is 2. The van der Waals surface area contributed by atoms with Crippen LogP contribution in [0.3, 0.4) is 0 Å². The van der Waals surface area contributed by atoms with Crippen LogP contribution in [0.15, 0.2) is 79.0 Å². The summed E-state index contributed by atoms with van der Waals surface area (Å²) in [5.41, 5.74) is 1.22. The van der Waals surface area contributed by atoms with Crippen LogP contribution in [0, 0.1) is 6.92 Å². The van der Waals surface area contributed by atoms with Gasteiger partial charge in [-0.2, -0.15) is 0 Å². The lowest BCUT2D eigenvalue weighted by atomic mass is 10.3. The van der Waals surface area contributed by atoms with Crippen molar-refractivity contribution in [1.29, 1.82) is 0 Å².